The summed E-state index contributed by atoms with van der Waals surface area (Å²) in [6.07, 6.45) is 2.59. The number of benzene rings is 2. The molecule has 0 saturated carbocycles. The maximum absolute atomic E-state index is 11.5. The molecule has 0 heterocycles. The van der Waals surface area contributed by atoms with Crippen molar-refractivity contribution in [2.24, 2.45) is 5.92 Å². The number of hydrogen-bond donors (Lipinski definition) is 1. The number of aryl methyl sites for hydroxylation is 1. The topological polar surface area (TPSA) is 66.8 Å². The summed E-state index contributed by atoms with van der Waals surface area (Å²) in [5.74, 6) is -1.56. The van der Waals surface area contributed by atoms with Crippen molar-refractivity contribution in [1.29, 1.82) is 0 Å². The minimum Gasteiger partial charge on any atom is -0.481 e. The highest BCUT2D eigenvalue weighted by Crippen LogP contribution is 2.13. The van der Waals surface area contributed by atoms with Crippen LogP contribution in [-0.4, -0.2) is 29.1 Å². The van der Waals surface area contributed by atoms with Crippen LogP contribution >= 0.6 is 0 Å². The molecule has 0 aromatic heterocycles. The molecule has 1 N–H and O–H groups in total. The minimum absolute atomic E-state index is 0.0421. The van der Waals surface area contributed by atoms with Crippen LogP contribution in [-0.2, 0) is 27.5 Å². The van der Waals surface area contributed by atoms with Gasteiger partial charge in [0.25, 0.3) is 0 Å². The molecule has 2 aromatic carbocycles. The van der Waals surface area contributed by atoms with Crippen LogP contribution in [0.3, 0.4) is 0 Å². The van der Waals surface area contributed by atoms with Gasteiger partial charge >= 0.3 is 5.97 Å². The summed E-state index contributed by atoms with van der Waals surface area (Å²) < 4.78 is 0. The van der Waals surface area contributed by atoms with E-state index >= 15 is 0 Å². The van der Waals surface area contributed by atoms with Crippen molar-refractivity contribution < 1.29 is 19.5 Å². The van der Waals surface area contributed by atoms with Crippen molar-refractivity contribution in [3.05, 3.63) is 71.8 Å². The normalized spacial score (nSPS) is 11.7. The molecule has 0 spiro atoms. The fourth-order valence-electron chi connectivity index (χ4n) is 2.57. The first kappa shape index (κ1) is 18.7. The Labute approximate surface area is 147 Å². The molecule has 0 aliphatic carbocycles. The quantitative estimate of drug-likeness (QED) is 0.503. The Balaban J connectivity index is 1.81. The van der Waals surface area contributed by atoms with Crippen LogP contribution in [0.1, 0.15) is 24.0 Å². The average molecular weight is 341 g/mol. The molecule has 0 fully saturated rings. The Morgan fingerprint density at radius 2 is 1.64 bits per heavy atom. The van der Waals surface area contributed by atoms with Crippen LogP contribution in [0.25, 0.3) is 0 Å². The smallest absolute Gasteiger partial charge is 0.308 e. The van der Waals surface area contributed by atoms with E-state index in [0.717, 1.165) is 23.5 Å². The molecule has 2 aromatic rings. The molecule has 25 heavy (non-hydrogen) atoms. The number of aliphatic carboxylic acids is 1. The van der Waals surface area contributed by atoms with Gasteiger partial charge in [-0.1, -0.05) is 60.7 Å². The fourth-order valence-corrected chi connectivity index (χ4v) is 2.57. The molecule has 0 aliphatic heterocycles. The highest BCUT2D eigenvalue weighted by atomic mass is 16.7. The summed E-state index contributed by atoms with van der Waals surface area (Å²) in [5.41, 5.74) is 2.10. The summed E-state index contributed by atoms with van der Waals surface area (Å²) in [4.78, 5) is 28.1. The van der Waals surface area contributed by atoms with Crippen molar-refractivity contribution >= 4 is 12.4 Å². The van der Waals surface area contributed by atoms with Gasteiger partial charge in [0, 0.05) is 0 Å². The third kappa shape index (κ3) is 6.77. The number of rotatable bonds is 11. The number of nitrogens with zero attached hydrogens (tertiary/aromatic N) is 1. The Kier molecular flexibility index (Phi) is 7.66. The average Bonchev–Trinajstić information content (AvgIpc) is 2.65. The van der Waals surface area contributed by atoms with Crippen molar-refractivity contribution in [3.63, 3.8) is 0 Å². The van der Waals surface area contributed by atoms with Crippen LogP contribution in [0.15, 0.2) is 60.7 Å². The second-order valence-electron chi connectivity index (χ2n) is 5.88. The maximum Gasteiger partial charge on any atom is 0.308 e. The molecular formula is C20H23NO4. The standard InChI is InChI=1S/C20H23NO4/c22-16-21(25-15-18-10-5-2-6-11-18)14-19(20(23)24)13-7-12-17-8-3-1-4-9-17/h1-6,8-11,16,19H,7,12-15H2,(H,23,24). The largest absolute Gasteiger partial charge is 0.481 e. The second kappa shape index (κ2) is 10.3. The first-order valence-electron chi connectivity index (χ1n) is 8.34. The Bertz CT molecular complexity index is 645. The molecule has 0 aliphatic rings. The van der Waals surface area contributed by atoms with E-state index in [0.29, 0.717) is 12.8 Å². The molecule has 0 bridgehead atoms. The van der Waals surface area contributed by atoms with E-state index in [1.807, 2.05) is 60.7 Å². The Hall–Kier alpha value is -2.66. The highest BCUT2D eigenvalue weighted by molar-refractivity contribution is 5.70. The van der Waals surface area contributed by atoms with Gasteiger partial charge in [-0.3, -0.25) is 14.4 Å². The van der Waals surface area contributed by atoms with Gasteiger partial charge in [-0.15, -0.1) is 0 Å². The molecule has 132 valence electrons. The van der Waals surface area contributed by atoms with Crippen LogP contribution in [0.2, 0.25) is 0 Å². The van der Waals surface area contributed by atoms with Gasteiger partial charge in [-0.25, -0.2) is 5.06 Å². The maximum atomic E-state index is 11.5. The lowest BCUT2D eigenvalue weighted by Gasteiger charge is -2.21. The zero-order valence-corrected chi connectivity index (χ0v) is 14.1. The molecule has 1 amide bonds. The lowest BCUT2D eigenvalue weighted by molar-refractivity contribution is -0.184. The van der Waals surface area contributed by atoms with E-state index in [1.54, 1.807) is 0 Å². The first-order valence-corrected chi connectivity index (χ1v) is 8.34. The van der Waals surface area contributed by atoms with E-state index in [1.165, 1.54) is 5.56 Å². The summed E-state index contributed by atoms with van der Waals surface area (Å²) >= 11 is 0. The van der Waals surface area contributed by atoms with Gasteiger partial charge in [-0.2, -0.15) is 0 Å². The molecule has 2 rings (SSSR count). The van der Waals surface area contributed by atoms with E-state index in [-0.39, 0.29) is 13.2 Å². The minimum atomic E-state index is -0.914. The Morgan fingerprint density at radius 1 is 1.04 bits per heavy atom. The first-order chi connectivity index (χ1) is 12.2. The van der Waals surface area contributed by atoms with Crippen LogP contribution < -0.4 is 0 Å². The lowest BCUT2D eigenvalue weighted by atomic mass is 9.99. The monoisotopic (exact) mass is 341 g/mol. The summed E-state index contributed by atoms with van der Waals surface area (Å²) in [6, 6.07) is 19.4. The van der Waals surface area contributed by atoms with Crippen molar-refractivity contribution in [2.45, 2.75) is 25.9 Å². The SMILES string of the molecule is O=CN(CC(CCCc1ccccc1)C(=O)O)OCc1ccccc1. The Morgan fingerprint density at radius 3 is 2.20 bits per heavy atom. The lowest BCUT2D eigenvalue weighted by Crippen LogP contribution is -2.32. The van der Waals surface area contributed by atoms with E-state index in [9.17, 15) is 14.7 Å². The van der Waals surface area contributed by atoms with Gasteiger partial charge < -0.3 is 5.11 Å². The second-order valence-corrected chi connectivity index (χ2v) is 5.88. The third-order valence-corrected chi connectivity index (χ3v) is 3.97. The van der Waals surface area contributed by atoms with Crippen molar-refractivity contribution in [2.75, 3.05) is 6.54 Å². The summed E-state index contributed by atoms with van der Waals surface area (Å²) in [6.45, 7) is 0.274. The van der Waals surface area contributed by atoms with Crippen LogP contribution in [0.4, 0.5) is 0 Å². The highest BCUT2D eigenvalue weighted by Gasteiger charge is 2.21. The number of hydroxylamine groups is 2. The zero-order chi connectivity index (χ0) is 17.9. The van der Waals surface area contributed by atoms with E-state index in [2.05, 4.69) is 0 Å². The van der Waals surface area contributed by atoms with Gasteiger partial charge in [0.15, 0.2) is 0 Å². The number of amides is 1. The van der Waals surface area contributed by atoms with Crippen LogP contribution in [0.5, 0.6) is 0 Å². The predicted octanol–water partition coefficient (Wildman–Crippen LogP) is 3.30. The van der Waals surface area contributed by atoms with Gasteiger partial charge in [0.1, 0.15) is 6.61 Å². The molecule has 5 heteroatoms. The number of carboxylic acids is 1. The molecular weight excluding hydrogens is 318 g/mol. The molecule has 5 nitrogen and oxygen atoms in total. The third-order valence-electron chi connectivity index (χ3n) is 3.97. The number of carbonyl (C=O) groups is 2. The van der Waals surface area contributed by atoms with Crippen molar-refractivity contribution in [1.82, 2.24) is 5.06 Å². The number of carboxylic acid groups (broad SMARTS) is 1. The zero-order valence-electron chi connectivity index (χ0n) is 14.1. The molecule has 0 saturated heterocycles. The summed E-state index contributed by atoms with van der Waals surface area (Å²) in [7, 11) is 0. The molecule has 0 radical (unpaired) electrons. The molecule has 1 unspecified atom stereocenters. The van der Waals surface area contributed by atoms with E-state index < -0.39 is 11.9 Å². The van der Waals surface area contributed by atoms with Gasteiger partial charge in [-0.05, 0) is 30.4 Å². The van der Waals surface area contributed by atoms with Crippen LogP contribution in [0, 0.1) is 5.92 Å². The van der Waals surface area contributed by atoms with Crippen molar-refractivity contribution in [3.8, 4) is 0 Å². The van der Waals surface area contributed by atoms with E-state index in [4.69, 9.17) is 4.84 Å². The summed E-state index contributed by atoms with van der Waals surface area (Å²) in [5, 5.41) is 10.5. The fraction of sp³-hybridized carbons (Fsp3) is 0.300. The number of hydrogen-bond acceptors (Lipinski definition) is 3. The van der Waals surface area contributed by atoms with Gasteiger partial charge in [0.2, 0.25) is 6.41 Å². The van der Waals surface area contributed by atoms with Gasteiger partial charge in [0.05, 0.1) is 12.5 Å². The molecule has 1 atom stereocenters. The predicted molar refractivity (Wildman–Crippen MR) is 94.5 cm³/mol. The number of carbonyl (C=O) groups excluding carboxylic acids is 1.